The van der Waals surface area contributed by atoms with Gasteiger partial charge in [0.25, 0.3) is 6.01 Å². The molecule has 2 atom stereocenters. The summed E-state index contributed by atoms with van der Waals surface area (Å²) >= 11 is 0. The first kappa shape index (κ1) is 12.4. The fraction of sp³-hybridized carbons (Fsp3) is 0.500. The van der Waals surface area contributed by atoms with E-state index in [1.54, 1.807) is 0 Å². The van der Waals surface area contributed by atoms with E-state index in [0.717, 1.165) is 11.1 Å². The fourth-order valence-corrected chi connectivity index (χ4v) is 2.31. The summed E-state index contributed by atoms with van der Waals surface area (Å²) < 4.78 is 16.7. The first-order valence-electron chi connectivity index (χ1n) is 6.59. The second kappa shape index (κ2) is 5.19. The van der Waals surface area contributed by atoms with Crippen molar-refractivity contribution in [3.8, 4) is 0 Å². The number of aryl methyl sites for hydroxylation is 1. The molecule has 0 spiro atoms. The molecule has 1 aliphatic heterocycles. The standard InChI is InChI=1S/C14H18N2O3/c1-3-18-13-8-17-7-11(13)16-14-15-10-6-9(2)4-5-12(10)19-14/h4-6,11,13H,3,7-8H2,1-2H3,(H,15,16)/t11-,13-/m0/s1. The lowest BCUT2D eigenvalue weighted by atomic mass is 10.2. The summed E-state index contributed by atoms with van der Waals surface area (Å²) in [5.41, 5.74) is 2.83. The molecule has 1 N–H and O–H groups in total. The van der Waals surface area contributed by atoms with Crippen molar-refractivity contribution in [1.29, 1.82) is 0 Å². The zero-order valence-electron chi connectivity index (χ0n) is 11.2. The Morgan fingerprint density at radius 2 is 2.32 bits per heavy atom. The van der Waals surface area contributed by atoms with Gasteiger partial charge in [0.1, 0.15) is 11.6 Å². The lowest BCUT2D eigenvalue weighted by Crippen LogP contribution is -2.34. The topological polar surface area (TPSA) is 56.5 Å². The van der Waals surface area contributed by atoms with Gasteiger partial charge in [-0.15, -0.1) is 0 Å². The predicted molar refractivity (Wildman–Crippen MR) is 72.4 cm³/mol. The largest absolute Gasteiger partial charge is 0.424 e. The number of aromatic nitrogens is 1. The highest BCUT2D eigenvalue weighted by atomic mass is 16.5. The minimum absolute atomic E-state index is 0.0572. The number of anilines is 1. The molecule has 0 amide bonds. The van der Waals surface area contributed by atoms with Crippen LogP contribution in [-0.4, -0.2) is 37.0 Å². The van der Waals surface area contributed by atoms with Crippen molar-refractivity contribution in [2.24, 2.45) is 0 Å². The predicted octanol–water partition coefficient (Wildman–Crippen LogP) is 2.35. The van der Waals surface area contributed by atoms with E-state index in [-0.39, 0.29) is 12.1 Å². The Kier molecular flexibility index (Phi) is 3.40. The molecule has 5 nitrogen and oxygen atoms in total. The van der Waals surface area contributed by atoms with Crippen LogP contribution in [-0.2, 0) is 9.47 Å². The number of benzene rings is 1. The molecular weight excluding hydrogens is 244 g/mol. The average Bonchev–Trinajstić information content (AvgIpc) is 2.97. The van der Waals surface area contributed by atoms with Crippen molar-refractivity contribution in [3.05, 3.63) is 23.8 Å². The van der Waals surface area contributed by atoms with E-state index in [9.17, 15) is 0 Å². The van der Waals surface area contributed by atoms with Crippen LogP contribution in [0.4, 0.5) is 6.01 Å². The highest BCUT2D eigenvalue weighted by Gasteiger charge is 2.29. The zero-order valence-corrected chi connectivity index (χ0v) is 11.2. The SMILES string of the molecule is CCO[C@H]1COC[C@@H]1Nc1nc2cc(C)ccc2o1. The summed E-state index contributed by atoms with van der Waals surface area (Å²) in [6.45, 7) is 5.93. The van der Waals surface area contributed by atoms with Gasteiger partial charge in [0, 0.05) is 6.61 Å². The third-order valence-electron chi connectivity index (χ3n) is 3.26. The van der Waals surface area contributed by atoms with Gasteiger partial charge in [-0.05, 0) is 31.5 Å². The van der Waals surface area contributed by atoms with Crippen LogP contribution in [0.25, 0.3) is 11.1 Å². The molecule has 0 radical (unpaired) electrons. The molecule has 0 bridgehead atoms. The van der Waals surface area contributed by atoms with Crippen LogP contribution in [0.2, 0.25) is 0 Å². The van der Waals surface area contributed by atoms with Crippen molar-refractivity contribution in [3.63, 3.8) is 0 Å². The fourth-order valence-electron chi connectivity index (χ4n) is 2.31. The van der Waals surface area contributed by atoms with Crippen molar-refractivity contribution in [2.75, 3.05) is 25.1 Å². The lowest BCUT2D eigenvalue weighted by Gasteiger charge is -2.17. The van der Waals surface area contributed by atoms with E-state index in [0.29, 0.717) is 25.8 Å². The maximum Gasteiger partial charge on any atom is 0.296 e. The van der Waals surface area contributed by atoms with Crippen LogP contribution in [0, 0.1) is 6.92 Å². The Morgan fingerprint density at radius 1 is 1.42 bits per heavy atom. The van der Waals surface area contributed by atoms with Crippen molar-refractivity contribution < 1.29 is 13.9 Å². The van der Waals surface area contributed by atoms with Gasteiger partial charge < -0.3 is 19.2 Å². The van der Waals surface area contributed by atoms with Crippen LogP contribution >= 0.6 is 0 Å². The molecule has 102 valence electrons. The highest BCUT2D eigenvalue weighted by molar-refractivity contribution is 5.75. The number of nitrogens with one attached hydrogen (secondary N) is 1. The van der Waals surface area contributed by atoms with Gasteiger partial charge in [-0.1, -0.05) is 6.07 Å². The van der Waals surface area contributed by atoms with Gasteiger partial charge in [-0.2, -0.15) is 4.98 Å². The van der Waals surface area contributed by atoms with Gasteiger partial charge in [0.05, 0.1) is 19.3 Å². The second-order valence-electron chi connectivity index (χ2n) is 4.77. The quantitative estimate of drug-likeness (QED) is 0.916. The number of hydrogen-bond donors (Lipinski definition) is 1. The number of nitrogens with zero attached hydrogens (tertiary/aromatic N) is 1. The van der Waals surface area contributed by atoms with E-state index in [2.05, 4.69) is 10.3 Å². The van der Waals surface area contributed by atoms with Crippen molar-refractivity contribution >= 4 is 17.1 Å². The number of hydrogen-bond acceptors (Lipinski definition) is 5. The summed E-state index contributed by atoms with van der Waals surface area (Å²) in [5, 5.41) is 3.26. The Hall–Kier alpha value is -1.59. The molecule has 19 heavy (non-hydrogen) atoms. The zero-order chi connectivity index (χ0) is 13.2. The molecule has 2 aromatic rings. The van der Waals surface area contributed by atoms with Crippen LogP contribution in [0.1, 0.15) is 12.5 Å². The first-order valence-corrected chi connectivity index (χ1v) is 6.59. The molecule has 1 saturated heterocycles. The van der Waals surface area contributed by atoms with E-state index in [1.807, 2.05) is 32.0 Å². The molecular formula is C14H18N2O3. The van der Waals surface area contributed by atoms with Crippen molar-refractivity contribution in [2.45, 2.75) is 26.0 Å². The Morgan fingerprint density at radius 3 is 3.16 bits per heavy atom. The van der Waals surface area contributed by atoms with Crippen LogP contribution in [0.5, 0.6) is 0 Å². The Bertz CT molecular complexity index is 567. The molecule has 0 saturated carbocycles. The molecule has 1 aromatic carbocycles. The molecule has 1 aliphatic rings. The summed E-state index contributed by atoms with van der Waals surface area (Å²) in [7, 11) is 0. The van der Waals surface area contributed by atoms with E-state index in [1.165, 1.54) is 5.56 Å². The summed E-state index contributed by atoms with van der Waals surface area (Å²) in [4.78, 5) is 4.44. The lowest BCUT2D eigenvalue weighted by molar-refractivity contribution is 0.0476. The van der Waals surface area contributed by atoms with Crippen LogP contribution < -0.4 is 5.32 Å². The summed E-state index contributed by atoms with van der Waals surface area (Å²) in [6.07, 6.45) is 0.0572. The molecule has 1 aromatic heterocycles. The normalized spacial score (nSPS) is 23.1. The molecule has 5 heteroatoms. The maximum atomic E-state index is 5.68. The minimum Gasteiger partial charge on any atom is -0.424 e. The number of rotatable bonds is 4. The van der Waals surface area contributed by atoms with Crippen LogP contribution in [0.15, 0.2) is 22.6 Å². The molecule has 1 fully saturated rings. The van der Waals surface area contributed by atoms with E-state index >= 15 is 0 Å². The molecule has 0 unspecified atom stereocenters. The summed E-state index contributed by atoms with van der Waals surface area (Å²) in [5.74, 6) is 0. The Labute approximate surface area is 111 Å². The molecule has 2 heterocycles. The van der Waals surface area contributed by atoms with Gasteiger partial charge >= 0.3 is 0 Å². The third-order valence-corrected chi connectivity index (χ3v) is 3.26. The number of oxazole rings is 1. The minimum atomic E-state index is 0.0572. The highest BCUT2D eigenvalue weighted by Crippen LogP contribution is 2.22. The van der Waals surface area contributed by atoms with E-state index in [4.69, 9.17) is 13.9 Å². The first-order chi connectivity index (χ1) is 9.26. The van der Waals surface area contributed by atoms with E-state index < -0.39 is 0 Å². The van der Waals surface area contributed by atoms with Gasteiger partial charge in [-0.3, -0.25) is 0 Å². The molecule has 0 aliphatic carbocycles. The monoisotopic (exact) mass is 262 g/mol. The number of fused-ring (bicyclic) bond motifs is 1. The molecule has 3 rings (SSSR count). The number of ether oxygens (including phenoxy) is 2. The summed E-state index contributed by atoms with van der Waals surface area (Å²) in [6, 6.07) is 6.58. The van der Waals surface area contributed by atoms with Crippen LogP contribution in [0.3, 0.4) is 0 Å². The maximum absolute atomic E-state index is 5.68. The second-order valence-corrected chi connectivity index (χ2v) is 4.77. The van der Waals surface area contributed by atoms with Gasteiger partial charge in [-0.25, -0.2) is 0 Å². The van der Waals surface area contributed by atoms with Crippen molar-refractivity contribution in [1.82, 2.24) is 4.98 Å². The van der Waals surface area contributed by atoms with Gasteiger partial charge in [0.2, 0.25) is 0 Å². The third kappa shape index (κ3) is 2.57. The van der Waals surface area contributed by atoms with Gasteiger partial charge in [0.15, 0.2) is 5.58 Å². The Balaban J connectivity index is 1.77. The average molecular weight is 262 g/mol. The smallest absolute Gasteiger partial charge is 0.296 e.